The first-order valence-electron chi connectivity index (χ1n) is 8.82. The van der Waals surface area contributed by atoms with E-state index >= 15 is 0 Å². The Labute approximate surface area is 181 Å². The van der Waals surface area contributed by atoms with Gasteiger partial charge in [0.15, 0.2) is 0 Å². The summed E-state index contributed by atoms with van der Waals surface area (Å²) in [6, 6.07) is 8.32. The van der Waals surface area contributed by atoms with Crippen LogP contribution in [0.1, 0.15) is 11.3 Å². The quantitative estimate of drug-likeness (QED) is 0.273. The Morgan fingerprint density at radius 1 is 0.844 bits per heavy atom. The number of anilines is 2. The van der Waals surface area contributed by atoms with Crippen LogP contribution in [0.5, 0.6) is 0 Å². The highest BCUT2D eigenvalue weighted by Gasteiger charge is 2.34. The van der Waals surface area contributed by atoms with Crippen molar-refractivity contribution in [3.8, 4) is 11.3 Å². The van der Waals surface area contributed by atoms with Gasteiger partial charge in [-0.1, -0.05) is 6.07 Å². The Balaban J connectivity index is 1.75. The maximum atomic E-state index is 13.3. The van der Waals surface area contributed by atoms with Gasteiger partial charge >= 0.3 is 12.4 Å². The number of benzene rings is 1. The molecule has 164 valence electrons. The Bertz CT molecular complexity index is 1290. The number of rotatable bonds is 3. The summed E-state index contributed by atoms with van der Waals surface area (Å²) in [5, 5.41) is 2.96. The van der Waals surface area contributed by atoms with Gasteiger partial charge in [0, 0.05) is 17.1 Å². The number of hydrogen-bond donors (Lipinski definition) is 1. The van der Waals surface area contributed by atoms with Crippen LogP contribution in [-0.4, -0.2) is 19.9 Å². The fourth-order valence-electron chi connectivity index (χ4n) is 2.98. The molecule has 1 N–H and O–H groups in total. The molecule has 4 aromatic rings. The summed E-state index contributed by atoms with van der Waals surface area (Å²) in [6.07, 6.45) is -6.97. The summed E-state index contributed by atoms with van der Waals surface area (Å²) in [4.78, 5) is 15.3. The smallest absolute Gasteiger partial charge is 0.338 e. The highest BCUT2D eigenvalue weighted by molar-refractivity contribution is 6.28. The van der Waals surface area contributed by atoms with Gasteiger partial charge in [-0.05, 0) is 48.0 Å². The summed E-state index contributed by atoms with van der Waals surface area (Å²) in [7, 11) is 0. The van der Waals surface area contributed by atoms with Crippen molar-refractivity contribution in [2.24, 2.45) is 0 Å². The Hall–Kier alpha value is -3.47. The molecular weight excluding hydrogens is 460 g/mol. The second-order valence-electron chi connectivity index (χ2n) is 6.53. The van der Waals surface area contributed by atoms with E-state index in [4.69, 9.17) is 11.6 Å². The minimum Gasteiger partial charge on any atom is -0.338 e. The summed E-state index contributed by atoms with van der Waals surface area (Å²) >= 11 is 5.96. The Kier molecular flexibility index (Phi) is 5.37. The van der Waals surface area contributed by atoms with Crippen LogP contribution in [0.2, 0.25) is 5.28 Å². The van der Waals surface area contributed by atoms with Crippen LogP contribution in [-0.2, 0) is 12.4 Å². The number of pyridine rings is 2. The van der Waals surface area contributed by atoms with Gasteiger partial charge in [-0.2, -0.15) is 31.3 Å². The number of aromatic nitrogens is 4. The monoisotopic (exact) mass is 469 g/mol. The molecule has 0 saturated carbocycles. The molecule has 0 radical (unpaired) electrons. The number of hydrogen-bond acceptors (Lipinski definition) is 5. The molecule has 0 saturated heterocycles. The van der Waals surface area contributed by atoms with Crippen LogP contribution in [0.4, 0.5) is 37.8 Å². The van der Waals surface area contributed by atoms with Crippen molar-refractivity contribution in [2.45, 2.75) is 12.4 Å². The number of nitrogens with one attached hydrogen (secondary N) is 1. The fraction of sp³-hybridized carbons (Fsp3) is 0.100. The first-order valence-corrected chi connectivity index (χ1v) is 9.20. The molecule has 0 bridgehead atoms. The zero-order valence-corrected chi connectivity index (χ0v) is 16.4. The van der Waals surface area contributed by atoms with Crippen molar-refractivity contribution in [3.05, 3.63) is 71.4 Å². The van der Waals surface area contributed by atoms with E-state index in [0.717, 1.165) is 24.4 Å². The molecule has 12 heteroatoms. The molecule has 0 spiro atoms. The first-order chi connectivity index (χ1) is 15.0. The van der Waals surface area contributed by atoms with Crippen LogP contribution in [0.15, 0.2) is 54.9 Å². The first kappa shape index (κ1) is 21.8. The fourth-order valence-corrected chi connectivity index (χ4v) is 3.16. The molecule has 3 heterocycles. The van der Waals surface area contributed by atoms with E-state index < -0.39 is 23.6 Å². The molecule has 0 unspecified atom stereocenters. The predicted octanol–water partition coefficient (Wildman–Crippen LogP) is 6.52. The minimum atomic E-state index is -4.61. The van der Waals surface area contributed by atoms with Crippen LogP contribution in [0, 0.1) is 0 Å². The van der Waals surface area contributed by atoms with Gasteiger partial charge in [-0.25, -0.2) is 9.97 Å². The van der Waals surface area contributed by atoms with E-state index in [1.54, 1.807) is 0 Å². The number of fused-ring (bicyclic) bond motifs is 1. The average Bonchev–Trinajstić information content (AvgIpc) is 2.72. The van der Waals surface area contributed by atoms with Gasteiger partial charge in [-0.15, -0.1) is 0 Å². The van der Waals surface area contributed by atoms with Gasteiger partial charge in [0.25, 0.3) is 0 Å². The molecule has 4 rings (SSSR count). The molecule has 32 heavy (non-hydrogen) atoms. The largest absolute Gasteiger partial charge is 0.433 e. The van der Waals surface area contributed by atoms with E-state index in [2.05, 4.69) is 25.3 Å². The summed E-state index contributed by atoms with van der Waals surface area (Å²) in [5.41, 5.74) is -1.69. The summed E-state index contributed by atoms with van der Waals surface area (Å²) in [6.45, 7) is 0. The predicted molar refractivity (Wildman–Crippen MR) is 105 cm³/mol. The Morgan fingerprint density at radius 2 is 1.62 bits per heavy atom. The molecular formula is C20H10ClF6N5. The SMILES string of the molecule is FC(F)(F)c1ccc(Nc2nc(Cl)nc3cc(-c4ncccc4C(F)(F)F)ccc23)cn1. The molecule has 0 aliphatic rings. The van der Waals surface area contributed by atoms with Crippen molar-refractivity contribution < 1.29 is 26.3 Å². The maximum absolute atomic E-state index is 13.3. The second-order valence-corrected chi connectivity index (χ2v) is 6.86. The molecule has 3 aromatic heterocycles. The lowest BCUT2D eigenvalue weighted by atomic mass is 10.0. The highest BCUT2D eigenvalue weighted by Crippen LogP contribution is 2.37. The molecule has 0 atom stereocenters. The molecule has 0 amide bonds. The molecule has 0 aliphatic carbocycles. The zero-order valence-electron chi connectivity index (χ0n) is 15.6. The lowest BCUT2D eigenvalue weighted by molar-refractivity contribution is -0.141. The summed E-state index contributed by atoms with van der Waals surface area (Å²) in [5.74, 6) is 0.144. The standard InChI is InChI=1S/C20H10ClF6N5/c21-18-31-14-8-10(16-13(19(22,23)24)2-1-7-28-16)3-5-12(14)17(32-18)30-11-4-6-15(29-9-11)20(25,26)27/h1-9H,(H,30,31,32). The number of alkyl halides is 6. The third-order valence-electron chi connectivity index (χ3n) is 4.37. The van der Waals surface area contributed by atoms with Crippen molar-refractivity contribution in [1.82, 2.24) is 19.9 Å². The lowest BCUT2D eigenvalue weighted by Gasteiger charge is -2.13. The normalized spacial score (nSPS) is 12.2. The Morgan fingerprint density at radius 3 is 2.28 bits per heavy atom. The van der Waals surface area contributed by atoms with Gasteiger partial charge in [0.1, 0.15) is 11.5 Å². The second kappa shape index (κ2) is 7.90. The maximum Gasteiger partial charge on any atom is 0.433 e. The van der Waals surface area contributed by atoms with Gasteiger partial charge in [-0.3, -0.25) is 4.98 Å². The van der Waals surface area contributed by atoms with Crippen molar-refractivity contribution >= 4 is 34.0 Å². The minimum absolute atomic E-state index is 0.144. The van der Waals surface area contributed by atoms with Crippen molar-refractivity contribution in [1.29, 1.82) is 0 Å². The van der Waals surface area contributed by atoms with Crippen LogP contribution in [0.25, 0.3) is 22.2 Å². The van der Waals surface area contributed by atoms with E-state index in [0.29, 0.717) is 5.39 Å². The number of nitrogens with zero attached hydrogens (tertiary/aromatic N) is 4. The highest BCUT2D eigenvalue weighted by atomic mass is 35.5. The summed E-state index contributed by atoms with van der Waals surface area (Å²) < 4.78 is 78.1. The van der Waals surface area contributed by atoms with Crippen molar-refractivity contribution in [3.63, 3.8) is 0 Å². The number of halogens is 7. The average molecular weight is 470 g/mol. The molecule has 5 nitrogen and oxygen atoms in total. The zero-order chi connectivity index (χ0) is 23.1. The van der Waals surface area contributed by atoms with Gasteiger partial charge in [0.2, 0.25) is 5.28 Å². The third kappa shape index (κ3) is 4.42. The van der Waals surface area contributed by atoms with Gasteiger partial charge < -0.3 is 5.32 Å². The third-order valence-corrected chi connectivity index (χ3v) is 4.54. The lowest BCUT2D eigenvalue weighted by Crippen LogP contribution is -2.08. The molecule has 0 fully saturated rings. The van der Waals surface area contributed by atoms with Crippen LogP contribution in [0.3, 0.4) is 0 Å². The van der Waals surface area contributed by atoms with Crippen LogP contribution < -0.4 is 5.32 Å². The van der Waals surface area contributed by atoms with Gasteiger partial charge in [0.05, 0.1) is 28.7 Å². The van der Waals surface area contributed by atoms with Crippen molar-refractivity contribution in [2.75, 3.05) is 5.32 Å². The van der Waals surface area contributed by atoms with E-state index in [9.17, 15) is 26.3 Å². The van der Waals surface area contributed by atoms with E-state index in [1.807, 2.05) is 0 Å². The molecule has 0 aliphatic heterocycles. The van der Waals surface area contributed by atoms with E-state index in [-0.39, 0.29) is 33.6 Å². The molecule has 1 aromatic carbocycles. The van der Waals surface area contributed by atoms with Crippen LogP contribution >= 0.6 is 11.6 Å². The topological polar surface area (TPSA) is 63.6 Å². The van der Waals surface area contributed by atoms with E-state index in [1.165, 1.54) is 30.5 Å².